The molecule has 1 atom stereocenters. The van der Waals surface area contributed by atoms with Gasteiger partial charge in [0.05, 0.1) is 5.25 Å². The summed E-state index contributed by atoms with van der Waals surface area (Å²) < 4.78 is 13.4. The second-order valence-corrected chi connectivity index (χ2v) is 5.33. The highest BCUT2D eigenvalue weighted by molar-refractivity contribution is 8.00. The van der Waals surface area contributed by atoms with Gasteiger partial charge in [-0.3, -0.25) is 9.89 Å². The topological polar surface area (TPSA) is 70.7 Å². The van der Waals surface area contributed by atoms with Crippen molar-refractivity contribution in [3.63, 3.8) is 0 Å². The maximum Gasteiger partial charge on any atom is 0.237 e. The smallest absolute Gasteiger partial charge is 0.237 e. The van der Waals surface area contributed by atoms with E-state index < -0.39 is 0 Å². The third-order valence-electron chi connectivity index (χ3n) is 2.49. The highest BCUT2D eigenvalue weighted by Gasteiger charge is 2.16. The number of carbonyl (C=O) groups is 1. The molecule has 0 aliphatic rings. The first-order valence-electron chi connectivity index (χ1n) is 5.65. The Morgan fingerprint density at radius 3 is 2.95 bits per heavy atom. The Balaban J connectivity index is 1.98. The lowest BCUT2D eigenvalue weighted by Crippen LogP contribution is -2.22. The van der Waals surface area contributed by atoms with Crippen molar-refractivity contribution in [3.8, 4) is 0 Å². The minimum atomic E-state index is -0.364. The van der Waals surface area contributed by atoms with Gasteiger partial charge >= 0.3 is 0 Å². The number of benzene rings is 1. The lowest BCUT2D eigenvalue weighted by molar-refractivity contribution is -0.115. The maximum absolute atomic E-state index is 13.4. The Labute approximate surface area is 114 Å². The van der Waals surface area contributed by atoms with Crippen LogP contribution in [0.25, 0.3) is 0 Å². The van der Waals surface area contributed by atoms with Crippen molar-refractivity contribution in [3.05, 3.63) is 35.9 Å². The van der Waals surface area contributed by atoms with E-state index in [-0.39, 0.29) is 17.0 Å². The first-order valence-corrected chi connectivity index (χ1v) is 6.53. The number of nitrogens with one attached hydrogen (secondary N) is 2. The van der Waals surface area contributed by atoms with Gasteiger partial charge in [0.15, 0.2) is 5.16 Å². The standard InChI is InChI=1S/C12H13FN4OS/c1-7-3-4-9(5-10(7)13)16-11(18)8(2)19-12-14-6-15-17-12/h3-6,8H,1-2H3,(H,16,18)(H,14,15,17)/t8-/m1/s1. The molecule has 1 heterocycles. The van der Waals surface area contributed by atoms with Crippen molar-refractivity contribution in [2.75, 3.05) is 5.32 Å². The van der Waals surface area contributed by atoms with Crippen LogP contribution in [-0.4, -0.2) is 26.3 Å². The Kier molecular flexibility index (Phi) is 4.16. The van der Waals surface area contributed by atoms with E-state index in [1.807, 2.05) is 0 Å². The number of hydrogen-bond donors (Lipinski definition) is 2. The number of halogens is 1. The number of carbonyl (C=O) groups excluding carboxylic acids is 1. The first-order chi connectivity index (χ1) is 9.06. The third kappa shape index (κ3) is 3.54. The number of amides is 1. The summed E-state index contributed by atoms with van der Waals surface area (Å²) in [6, 6.07) is 4.60. The molecule has 0 fully saturated rings. The number of thioether (sulfide) groups is 1. The van der Waals surface area contributed by atoms with E-state index in [2.05, 4.69) is 20.5 Å². The van der Waals surface area contributed by atoms with Crippen LogP contribution >= 0.6 is 11.8 Å². The van der Waals surface area contributed by atoms with Gasteiger partial charge in [0, 0.05) is 5.69 Å². The van der Waals surface area contributed by atoms with Gasteiger partial charge in [-0.1, -0.05) is 17.8 Å². The average molecular weight is 280 g/mol. The van der Waals surface area contributed by atoms with E-state index in [0.717, 1.165) is 0 Å². The van der Waals surface area contributed by atoms with Crippen LogP contribution in [0.15, 0.2) is 29.7 Å². The molecule has 2 N–H and O–H groups in total. The van der Waals surface area contributed by atoms with E-state index >= 15 is 0 Å². The number of rotatable bonds is 4. The summed E-state index contributed by atoms with van der Waals surface area (Å²) in [5, 5.41) is 9.23. The molecule has 0 aliphatic carbocycles. The summed E-state index contributed by atoms with van der Waals surface area (Å²) in [5.41, 5.74) is 0.986. The fourth-order valence-electron chi connectivity index (χ4n) is 1.39. The Hall–Kier alpha value is -1.89. The maximum atomic E-state index is 13.4. The molecule has 2 rings (SSSR count). The highest BCUT2D eigenvalue weighted by atomic mass is 32.2. The summed E-state index contributed by atoms with van der Waals surface area (Å²) in [6.45, 7) is 3.41. The predicted molar refractivity (Wildman–Crippen MR) is 71.5 cm³/mol. The van der Waals surface area contributed by atoms with Crippen LogP contribution in [-0.2, 0) is 4.79 Å². The van der Waals surface area contributed by atoms with Crippen LogP contribution in [0.2, 0.25) is 0 Å². The van der Waals surface area contributed by atoms with E-state index in [9.17, 15) is 9.18 Å². The number of nitrogens with zero attached hydrogens (tertiary/aromatic N) is 2. The molecule has 2 aromatic rings. The molecule has 5 nitrogen and oxygen atoms in total. The number of anilines is 1. The lowest BCUT2D eigenvalue weighted by Gasteiger charge is -2.10. The van der Waals surface area contributed by atoms with Crippen LogP contribution in [0.1, 0.15) is 12.5 Å². The van der Waals surface area contributed by atoms with Crippen molar-refractivity contribution in [2.45, 2.75) is 24.3 Å². The van der Waals surface area contributed by atoms with Crippen LogP contribution in [0.3, 0.4) is 0 Å². The summed E-state index contributed by atoms with van der Waals surface area (Å²) in [7, 11) is 0. The van der Waals surface area contributed by atoms with Gasteiger partial charge in [-0.25, -0.2) is 9.37 Å². The number of hydrogen-bond acceptors (Lipinski definition) is 4. The van der Waals surface area contributed by atoms with Gasteiger partial charge in [0.25, 0.3) is 0 Å². The molecule has 1 aromatic carbocycles. The molecule has 0 radical (unpaired) electrons. The zero-order valence-electron chi connectivity index (χ0n) is 10.5. The van der Waals surface area contributed by atoms with E-state index in [1.54, 1.807) is 26.0 Å². The largest absolute Gasteiger partial charge is 0.325 e. The Bertz CT molecular complexity index is 573. The Morgan fingerprint density at radius 1 is 1.53 bits per heavy atom. The monoisotopic (exact) mass is 280 g/mol. The molecular weight excluding hydrogens is 267 g/mol. The molecule has 1 aromatic heterocycles. The van der Waals surface area contributed by atoms with Crippen molar-refractivity contribution in [1.29, 1.82) is 0 Å². The number of aromatic nitrogens is 3. The molecule has 0 spiro atoms. The van der Waals surface area contributed by atoms with Gasteiger partial charge in [-0.15, -0.1) is 0 Å². The molecular formula is C12H13FN4OS. The molecule has 1 amide bonds. The quantitative estimate of drug-likeness (QED) is 0.843. The van der Waals surface area contributed by atoms with Crippen LogP contribution < -0.4 is 5.32 Å². The molecule has 0 saturated carbocycles. The van der Waals surface area contributed by atoms with Gasteiger partial charge in [-0.2, -0.15) is 5.10 Å². The second-order valence-electron chi connectivity index (χ2n) is 4.00. The molecule has 0 bridgehead atoms. The van der Waals surface area contributed by atoms with Crippen LogP contribution in [0, 0.1) is 12.7 Å². The van der Waals surface area contributed by atoms with Crippen molar-refractivity contribution in [2.24, 2.45) is 0 Å². The zero-order chi connectivity index (χ0) is 13.8. The predicted octanol–water partition coefficient (Wildman–Crippen LogP) is 2.37. The molecule has 100 valence electrons. The Morgan fingerprint density at radius 2 is 2.32 bits per heavy atom. The SMILES string of the molecule is Cc1ccc(NC(=O)[C@@H](C)Sc2ncn[nH]2)cc1F. The fraction of sp³-hybridized carbons (Fsp3) is 0.250. The summed E-state index contributed by atoms with van der Waals surface area (Å²) >= 11 is 1.25. The average Bonchev–Trinajstić information content (AvgIpc) is 2.86. The number of H-pyrrole nitrogens is 1. The molecule has 19 heavy (non-hydrogen) atoms. The number of aryl methyl sites for hydroxylation is 1. The minimum absolute atomic E-state index is 0.218. The third-order valence-corrected chi connectivity index (χ3v) is 3.48. The molecule has 7 heteroatoms. The van der Waals surface area contributed by atoms with E-state index in [1.165, 1.54) is 24.2 Å². The normalized spacial score (nSPS) is 12.2. The summed E-state index contributed by atoms with van der Waals surface area (Å²) in [4.78, 5) is 15.8. The van der Waals surface area contributed by atoms with Gasteiger partial charge in [0.1, 0.15) is 12.1 Å². The van der Waals surface area contributed by atoms with E-state index in [0.29, 0.717) is 16.4 Å². The van der Waals surface area contributed by atoms with Crippen molar-refractivity contribution >= 4 is 23.4 Å². The van der Waals surface area contributed by atoms with Gasteiger partial charge in [0.2, 0.25) is 5.91 Å². The molecule has 0 unspecified atom stereocenters. The number of aromatic amines is 1. The highest BCUT2D eigenvalue weighted by Crippen LogP contribution is 2.20. The zero-order valence-corrected chi connectivity index (χ0v) is 11.3. The van der Waals surface area contributed by atoms with Crippen molar-refractivity contribution < 1.29 is 9.18 Å². The summed E-state index contributed by atoms with van der Waals surface area (Å²) in [5.74, 6) is -0.557. The van der Waals surface area contributed by atoms with E-state index in [4.69, 9.17) is 0 Å². The van der Waals surface area contributed by atoms with Crippen molar-refractivity contribution in [1.82, 2.24) is 15.2 Å². The lowest BCUT2D eigenvalue weighted by atomic mass is 10.2. The first kappa shape index (κ1) is 13.5. The van der Waals surface area contributed by atoms with Gasteiger partial charge < -0.3 is 5.32 Å². The second kappa shape index (κ2) is 5.83. The van der Waals surface area contributed by atoms with Crippen LogP contribution in [0.4, 0.5) is 10.1 Å². The van der Waals surface area contributed by atoms with Crippen LogP contribution in [0.5, 0.6) is 0 Å². The fourth-order valence-corrected chi connectivity index (χ4v) is 2.10. The van der Waals surface area contributed by atoms with Gasteiger partial charge in [-0.05, 0) is 31.5 Å². The summed E-state index contributed by atoms with van der Waals surface area (Å²) in [6.07, 6.45) is 1.38. The minimum Gasteiger partial charge on any atom is -0.325 e. The molecule has 0 saturated heterocycles. The molecule has 0 aliphatic heterocycles.